The molecule has 0 saturated carbocycles. The van der Waals surface area contributed by atoms with E-state index in [0.29, 0.717) is 5.52 Å². The van der Waals surface area contributed by atoms with E-state index in [2.05, 4.69) is 20.4 Å². The molecule has 3 rings (SSSR count). The molecular weight excluding hydrogens is 228 g/mol. The molecule has 0 aliphatic heterocycles. The Morgan fingerprint density at radius 3 is 2.67 bits per heavy atom. The minimum absolute atomic E-state index is 0.317. The van der Waals surface area contributed by atoms with Crippen molar-refractivity contribution in [3.05, 3.63) is 52.4 Å². The molecule has 0 spiro atoms. The number of aryl methyl sites for hydroxylation is 1. The molecule has 0 aliphatic rings. The summed E-state index contributed by atoms with van der Waals surface area (Å²) < 4.78 is 0. The second-order valence-corrected chi connectivity index (χ2v) is 4.00. The van der Waals surface area contributed by atoms with Crippen LogP contribution in [0.2, 0.25) is 0 Å². The molecule has 0 bridgehead atoms. The quantitative estimate of drug-likeness (QED) is 0.700. The van der Waals surface area contributed by atoms with Gasteiger partial charge in [0.15, 0.2) is 5.52 Å². The van der Waals surface area contributed by atoms with Crippen molar-refractivity contribution in [1.29, 1.82) is 0 Å². The summed E-state index contributed by atoms with van der Waals surface area (Å²) in [5.41, 5.74) is 2.44. The van der Waals surface area contributed by atoms with Gasteiger partial charge < -0.3 is 0 Å². The van der Waals surface area contributed by atoms with Gasteiger partial charge in [-0.1, -0.05) is 30.3 Å². The number of aromatic nitrogens is 4. The zero-order chi connectivity index (χ0) is 12.5. The number of fused-ring (bicyclic) bond motifs is 1. The van der Waals surface area contributed by atoms with E-state index in [4.69, 9.17) is 0 Å². The van der Waals surface area contributed by atoms with Crippen LogP contribution in [0.3, 0.4) is 0 Å². The fraction of sp³-hybridized carbons (Fsp3) is 0.0769. The zero-order valence-electron chi connectivity index (χ0n) is 9.71. The highest BCUT2D eigenvalue weighted by molar-refractivity contribution is 5.82. The topological polar surface area (TPSA) is 71.5 Å². The van der Waals surface area contributed by atoms with Gasteiger partial charge in [0.2, 0.25) is 0 Å². The van der Waals surface area contributed by atoms with Crippen LogP contribution >= 0.6 is 0 Å². The maximum absolute atomic E-state index is 11.6. The van der Waals surface area contributed by atoms with Crippen LogP contribution in [0.1, 0.15) is 5.69 Å². The van der Waals surface area contributed by atoms with Gasteiger partial charge in [0.1, 0.15) is 0 Å². The Balaban J connectivity index is 2.30. The number of nitrogens with zero attached hydrogens (tertiary/aromatic N) is 3. The number of benzene rings is 1. The molecule has 0 amide bonds. The minimum atomic E-state index is -0.317. The van der Waals surface area contributed by atoms with E-state index in [9.17, 15) is 4.79 Å². The molecule has 88 valence electrons. The summed E-state index contributed by atoms with van der Waals surface area (Å²) in [4.78, 5) is 11.6. The van der Waals surface area contributed by atoms with Crippen LogP contribution < -0.4 is 5.56 Å². The smallest absolute Gasteiger partial charge is 0.265 e. The van der Waals surface area contributed by atoms with Crippen molar-refractivity contribution < 1.29 is 0 Å². The van der Waals surface area contributed by atoms with Crippen molar-refractivity contribution in [2.75, 3.05) is 0 Å². The summed E-state index contributed by atoms with van der Waals surface area (Å²) in [6.07, 6.45) is 0. The van der Waals surface area contributed by atoms with Gasteiger partial charge in [-0.15, -0.1) is 10.2 Å². The van der Waals surface area contributed by atoms with E-state index in [1.807, 2.05) is 43.3 Å². The second kappa shape index (κ2) is 4.03. The van der Waals surface area contributed by atoms with Gasteiger partial charge in [-0.25, -0.2) is 5.10 Å². The van der Waals surface area contributed by atoms with Crippen LogP contribution in [0, 0.1) is 6.92 Å². The van der Waals surface area contributed by atoms with Gasteiger partial charge in [0.25, 0.3) is 5.56 Å². The van der Waals surface area contributed by atoms with Crippen LogP contribution in [0.25, 0.3) is 22.2 Å². The van der Waals surface area contributed by atoms with Crippen molar-refractivity contribution in [3.63, 3.8) is 0 Å². The Morgan fingerprint density at radius 1 is 1.11 bits per heavy atom. The Labute approximate surface area is 103 Å². The Hall–Kier alpha value is -2.56. The summed E-state index contributed by atoms with van der Waals surface area (Å²) in [5, 5.41) is 15.1. The highest BCUT2D eigenvalue weighted by Gasteiger charge is 2.07. The number of aromatic amines is 1. The SMILES string of the molecule is Cc1n[nH]c(=O)c2nnc(-c3ccccc3)cc12. The fourth-order valence-corrected chi connectivity index (χ4v) is 1.83. The molecule has 0 radical (unpaired) electrons. The van der Waals surface area contributed by atoms with Crippen molar-refractivity contribution >= 4 is 10.9 Å². The standard InChI is InChI=1S/C13H10N4O/c1-8-10-7-11(9-5-3-2-4-6-9)15-16-12(10)13(18)17-14-8/h2-7H,1H3,(H,17,18). The molecule has 0 aliphatic carbocycles. The molecule has 0 saturated heterocycles. The molecule has 0 unspecified atom stereocenters. The first-order chi connectivity index (χ1) is 8.75. The van der Waals surface area contributed by atoms with Gasteiger partial charge in [0.05, 0.1) is 11.4 Å². The van der Waals surface area contributed by atoms with Crippen LogP contribution in [0.5, 0.6) is 0 Å². The Morgan fingerprint density at radius 2 is 1.89 bits per heavy atom. The zero-order valence-corrected chi connectivity index (χ0v) is 9.71. The Bertz CT molecular complexity index is 765. The highest BCUT2D eigenvalue weighted by Crippen LogP contribution is 2.19. The lowest BCUT2D eigenvalue weighted by Gasteiger charge is -2.02. The average Bonchev–Trinajstić information content (AvgIpc) is 2.44. The van der Waals surface area contributed by atoms with Crippen molar-refractivity contribution in [2.24, 2.45) is 0 Å². The van der Waals surface area contributed by atoms with E-state index >= 15 is 0 Å². The summed E-state index contributed by atoms with van der Waals surface area (Å²) >= 11 is 0. The maximum Gasteiger partial charge on any atom is 0.292 e. The normalized spacial score (nSPS) is 10.7. The number of H-pyrrole nitrogens is 1. The van der Waals surface area contributed by atoms with E-state index in [1.54, 1.807) is 0 Å². The van der Waals surface area contributed by atoms with E-state index in [0.717, 1.165) is 22.3 Å². The number of nitrogens with one attached hydrogen (secondary N) is 1. The van der Waals surface area contributed by atoms with Gasteiger partial charge in [0, 0.05) is 10.9 Å². The monoisotopic (exact) mass is 238 g/mol. The lowest BCUT2D eigenvalue weighted by atomic mass is 10.1. The largest absolute Gasteiger partial charge is 0.292 e. The van der Waals surface area contributed by atoms with Gasteiger partial charge in [-0.2, -0.15) is 5.10 Å². The molecule has 5 heteroatoms. The highest BCUT2D eigenvalue weighted by atomic mass is 16.1. The second-order valence-electron chi connectivity index (χ2n) is 4.00. The molecule has 0 fully saturated rings. The fourth-order valence-electron chi connectivity index (χ4n) is 1.83. The first kappa shape index (κ1) is 10.6. The molecule has 2 aromatic heterocycles. The number of hydrogen-bond donors (Lipinski definition) is 1. The molecule has 18 heavy (non-hydrogen) atoms. The summed E-state index contributed by atoms with van der Waals surface area (Å²) in [6.45, 7) is 1.83. The molecule has 3 aromatic rings. The third-order valence-electron chi connectivity index (χ3n) is 2.79. The van der Waals surface area contributed by atoms with Crippen molar-refractivity contribution in [2.45, 2.75) is 6.92 Å². The number of rotatable bonds is 1. The van der Waals surface area contributed by atoms with E-state index in [1.165, 1.54) is 0 Å². The first-order valence-electron chi connectivity index (χ1n) is 5.54. The molecule has 1 aromatic carbocycles. The van der Waals surface area contributed by atoms with Crippen molar-refractivity contribution in [1.82, 2.24) is 20.4 Å². The molecule has 2 heterocycles. The Kier molecular flexibility index (Phi) is 2.37. The maximum atomic E-state index is 11.6. The molecule has 0 atom stereocenters. The van der Waals surface area contributed by atoms with Crippen LogP contribution in [-0.4, -0.2) is 20.4 Å². The van der Waals surface area contributed by atoms with E-state index < -0.39 is 0 Å². The molecule has 1 N–H and O–H groups in total. The van der Waals surface area contributed by atoms with Gasteiger partial charge in [-0.05, 0) is 13.0 Å². The molecule has 5 nitrogen and oxygen atoms in total. The molecular formula is C13H10N4O. The third-order valence-corrected chi connectivity index (χ3v) is 2.79. The average molecular weight is 238 g/mol. The van der Waals surface area contributed by atoms with Gasteiger partial charge >= 0.3 is 0 Å². The predicted molar refractivity (Wildman–Crippen MR) is 68.1 cm³/mol. The lowest BCUT2D eigenvalue weighted by Crippen LogP contribution is -2.12. The van der Waals surface area contributed by atoms with Crippen LogP contribution in [-0.2, 0) is 0 Å². The lowest BCUT2D eigenvalue weighted by molar-refractivity contribution is 0.949. The third kappa shape index (κ3) is 1.66. The summed E-state index contributed by atoms with van der Waals surface area (Å²) in [6, 6.07) is 11.6. The van der Waals surface area contributed by atoms with Crippen LogP contribution in [0.15, 0.2) is 41.2 Å². The van der Waals surface area contributed by atoms with Crippen molar-refractivity contribution in [3.8, 4) is 11.3 Å². The first-order valence-corrected chi connectivity index (χ1v) is 5.54. The van der Waals surface area contributed by atoms with Gasteiger partial charge in [-0.3, -0.25) is 4.79 Å². The number of hydrogen-bond acceptors (Lipinski definition) is 4. The van der Waals surface area contributed by atoms with E-state index in [-0.39, 0.29) is 5.56 Å². The predicted octanol–water partition coefficient (Wildman–Crippen LogP) is 1.69. The van der Waals surface area contributed by atoms with Crippen LogP contribution in [0.4, 0.5) is 0 Å². The minimum Gasteiger partial charge on any atom is -0.265 e. The summed E-state index contributed by atoms with van der Waals surface area (Å²) in [7, 11) is 0. The summed E-state index contributed by atoms with van der Waals surface area (Å²) in [5.74, 6) is 0.